The molecule has 0 rings (SSSR count). The fourth-order valence-electron chi connectivity index (χ4n) is 1.28. The molecule has 4 nitrogen and oxygen atoms in total. The van der Waals surface area contributed by atoms with Crippen molar-refractivity contribution in [3.8, 4) is 0 Å². The molecular weight excluding hydrogens is 210 g/mol. The molecule has 0 fully saturated rings. The Kier molecular flexibility index (Phi) is 10.6. The van der Waals surface area contributed by atoms with Gasteiger partial charge in [0.1, 0.15) is 0 Å². The predicted molar refractivity (Wildman–Crippen MR) is 64.5 cm³/mol. The summed E-state index contributed by atoms with van der Waals surface area (Å²) in [6.45, 7) is 7.77. The first-order valence-corrected chi connectivity index (χ1v) is 7.38. The van der Waals surface area contributed by atoms with Crippen LogP contribution >= 0.6 is 0 Å². The Balaban J connectivity index is 4.09. The second-order valence-corrected chi connectivity index (χ2v) is 4.17. The summed E-state index contributed by atoms with van der Waals surface area (Å²) in [5.41, 5.74) is 0. The Hall–Kier alpha value is 0.0569. The molecule has 1 unspecified atom stereocenters. The molecule has 0 saturated heterocycles. The van der Waals surface area contributed by atoms with Gasteiger partial charge < -0.3 is 4.74 Å². The summed E-state index contributed by atoms with van der Waals surface area (Å²) in [4.78, 5) is 10.8. The number of nitrogens with zero attached hydrogens (tertiary/aromatic N) is 1. The molecule has 0 amide bonds. The van der Waals surface area contributed by atoms with E-state index < -0.39 is 0 Å². The molecule has 0 N–H and O–H groups in total. The molecule has 0 aromatic rings. The van der Waals surface area contributed by atoms with Gasteiger partial charge in [0.15, 0.2) is 6.23 Å². The SMILES string of the molecule is CCOC(CCC[SiH3])N(OCC)OCC. The summed E-state index contributed by atoms with van der Waals surface area (Å²) in [5.74, 6) is 0. The molecule has 15 heavy (non-hydrogen) atoms. The lowest BCUT2D eigenvalue weighted by molar-refractivity contribution is -0.421. The van der Waals surface area contributed by atoms with Crippen LogP contribution in [0.15, 0.2) is 0 Å². The first-order chi connectivity index (χ1) is 7.29. The minimum Gasteiger partial charge on any atom is -0.359 e. The second kappa shape index (κ2) is 10.6. The molecular formula is C10H25NO3Si. The van der Waals surface area contributed by atoms with Gasteiger partial charge in [0, 0.05) is 16.8 Å². The second-order valence-electron chi connectivity index (χ2n) is 3.17. The molecule has 5 heteroatoms. The van der Waals surface area contributed by atoms with Crippen LogP contribution in [0.5, 0.6) is 0 Å². The fourth-order valence-corrected chi connectivity index (χ4v) is 1.69. The monoisotopic (exact) mass is 235 g/mol. The molecule has 0 bridgehead atoms. The lowest BCUT2D eigenvalue weighted by Gasteiger charge is -2.28. The number of hydrogen-bond donors (Lipinski definition) is 0. The van der Waals surface area contributed by atoms with Crippen molar-refractivity contribution in [3.05, 3.63) is 0 Å². The van der Waals surface area contributed by atoms with Gasteiger partial charge in [-0.1, -0.05) is 12.5 Å². The van der Waals surface area contributed by atoms with Gasteiger partial charge >= 0.3 is 0 Å². The smallest absolute Gasteiger partial charge is 0.160 e. The Morgan fingerprint density at radius 2 is 1.67 bits per heavy atom. The van der Waals surface area contributed by atoms with E-state index >= 15 is 0 Å². The summed E-state index contributed by atoms with van der Waals surface area (Å²) in [6, 6.07) is 1.29. The molecule has 0 aliphatic carbocycles. The summed E-state index contributed by atoms with van der Waals surface area (Å²) in [6.07, 6.45) is 2.08. The van der Waals surface area contributed by atoms with Gasteiger partial charge in [0.2, 0.25) is 0 Å². The van der Waals surface area contributed by atoms with Crippen LogP contribution in [-0.4, -0.2) is 41.5 Å². The highest BCUT2D eigenvalue weighted by atomic mass is 28.1. The van der Waals surface area contributed by atoms with Gasteiger partial charge in [-0.3, -0.25) is 9.68 Å². The quantitative estimate of drug-likeness (QED) is 0.322. The highest BCUT2D eigenvalue weighted by molar-refractivity contribution is 6.08. The third-order valence-electron chi connectivity index (χ3n) is 1.91. The van der Waals surface area contributed by atoms with Crippen molar-refractivity contribution in [2.45, 2.75) is 45.9 Å². The zero-order chi connectivity index (χ0) is 11.5. The Morgan fingerprint density at radius 1 is 1.07 bits per heavy atom. The van der Waals surface area contributed by atoms with E-state index in [0.717, 1.165) is 6.42 Å². The predicted octanol–water partition coefficient (Wildman–Crippen LogP) is 1.12. The van der Waals surface area contributed by atoms with E-state index in [4.69, 9.17) is 14.4 Å². The van der Waals surface area contributed by atoms with E-state index in [-0.39, 0.29) is 6.23 Å². The molecule has 0 radical (unpaired) electrons. The molecule has 0 aromatic carbocycles. The third kappa shape index (κ3) is 7.02. The van der Waals surface area contributed by atoms with E-state index in [1.54, 1.807) is 0 Å². The van der Waals surface area contributed by atoms with Crippen LogP contribution in [-0.2, 0) is 14.4 Å². The van der Waals surface area contributed by atoms with Gasteiger partial charge in [-0.05, 0) is 32.4 Å². The van der Waals surface area contributed by atoms with Crippen molar-refractivity contribution >= 4 is 10.2 Å². The largest absolute Gasteiger partial charge is 0.359 e. The average Bonchev–Trinajstić information content (AvgIpc) is 2.24. The van der Waals surface area contributed by atoms with Crippen LogP contribution in [0.25, 0.3) is 0 Å². The Morgan fingerprint density at radius 3 is 2.07 bits per heavy atom. The van der Waals surface area contributed by atoms with Gasteiger partial charge in [0.05, 0.1) is 13.2 Å². The zero-order valence-electron chi connectivity index (χ0n) is 10.5. The van der Waals surface area contributed by atoms with Crippen molar-refractivity contribution in [2.75, 3.05) is 19.8 Å². The lowest BCUT2D eigenvalue weighted by Crippen LogP contribution is -2.37. The van der Waals surface area contributed by atoms with Crippen molar-refractivity contribution in [3.63, 3.8) is 0 Å². The molecule has 0 saturated carbocycles. The zero-order valence-corrected chi connectivity index (χ0v) is 12.5. The van der Waals surface area contributed by atoms with E-state index in [0.29, 0.717) is 19.8 Å². The highest BCUT2D eigenvalue weighted by Gasteiger charge is 2.19. The van der Waals surface area contributed by atoms with Crippen LogP contribution in [0.3, 0.4) is 0 Å². The third-order valence-corrected chi connectivity index (χ3v) is 2.62. The fraction of sp³-hybridized carbons (Fsp3) is 1.00. The Bertz CT molecular complexity index is 132. The molecule has 1 atom stereocenters. The van der Waals surface area contributed by atoms with Crippen molar-refractivity contribution in [2.24, 2.45) is 0 Å². The summed E-state index contributed by atoms with van der Waals surface area (Å²) in [5, 5.41) is 1.51. The first-order valence-electron chi connectivity index (χ1n) is 5.96. The highest BCUT2D eigenvalue weighted by Crippen LogP contribution is 2.11. The molecule has 0 spiro atoms. The maximum atomic E-state index is 5.60. The summed E-state index contributed by atoms with van der Waals surface area (Å²) < 4.78 is 5.60. The van der Waals surface area contributed by atoms with E-state index in [2.05, 4.69) is 0 Å². The minimum absolute atomic E-state index is 0.0659. The van der Waals surface area contributed by atoms with Gasteiger partial charge in [-0.2, -0.15) is 0 Å². The van der Waals surface area contributed by atoms with E-state index in [9.17, 15) is 0 Å². The van der Waals surface area contributed by atoms with Crippen molar-refractivity contribution in [1.82, 2.24) is 5.23 Å². The number of hydrogen-bond acceptors (Lipinski definition) is 4. The van der Waals surface area contributed by atoms with Gasteiger partial charge in [-0.15, -0.1) is 0 Å². The van der Waals surface area contributed by atoms with Crippen LogP contribution in [0.1, 0.15) is 33.6 Å². The molecule has 0 aliphatic rings. The maximum Gasteiger partial charge on any atom is 0.160 e. The van der Waals surface area contributed by atoms with Gasteiger partial charge in [0.25, 0.3) is 0 Å². The van der Waals surface area contributed by atoms with Crippen LogP contribution in [0, 0.1) is 0 Å². The van der Waals surface area contributed by atoms with Crippen LogP contribution in [0.2, 0.25) is 6.04 Å². The first kappa shape index (κ1) is 15.1. The standard InChI is InChI=1S/C10H25NO3Si/c1-4-12-10(8-7-9-15)11(13-5-2)14-6-3/h10H,4-9H2,1-3,15H3. The van der Waals surface area contributed by atoms with Crippen molar-refractivity contribution in [1.29, 1.82) is 0 Å². The average molecular weight is 235 g/mol. The van der Waals surface area contributed by atoms with Gasteiger partial charge in [-0.25, -0.2) is 0 Å². The van der Waals surface area contributed by atoms with Crippen molar-refractivity contribution < 1.29 is 14.4 Å². The summed E-state index contributed by atoms with van der Waals surface area (Å²) >= 11 is 0. The minimum atomic E-state index is -0.0659. The van der Waals surface area contributed by atoms with Crippen LogP contribution in [0.4, 0.5) is 0 Å². The molecule has 0 heterocycles. The van der Waals surface area contributed by atoms with E-state index in [1.165, 1.54) is 27.9 Å². The number of hydroxylamine groups is 2. The van der Waals surface area contributed by atoms with Crippen LogP contribution < -0.4 is 0 Å². The van der Waals surface area contributed by atoms with E-state index in [1.807, 2.05) is 20.8 Å². The number of rotatable bonds is 10. The molecule has 0 aliphatic heterocycles. The number of ether oxygens (including phenoxy) is 1. The maximum absolute atomic E-state index is 5.60. The lowest BCUT2D eigenvalue weighted by atomic mass is 10.3. The Labute approximate surface area is 96.2 Å². The molecule has 92 valence electrons. The normalized spacial score (nSPS) is 13.6. The molecule has 0 aromatic heterocycles. The summed E-state index contributed by atoms with van der Waals surface area (Å²) in [7, 11) is 1.24. The topological polar surface area (TPSA) is 30.9 Å².